The van der Waals surface area contributed by atoms with Gasteiger partial charge in [0.25, 0.3) is 0 Å². The quantitative estimate of drug-likeness (QED) is 0.0558. The molecule has 3 aromatic carbocycles. The van der Waals surface area contributed by atoms with Gasteiger partial charge in [-0.3, -0.25) is 4.98 Å². The summed E-state index contributed by atoms with van der Waals surface area (Å²) in [4.78, 5) is 5.87. The van der Waals surface area contributed by atoms with Crippen molar-refractivity contribution in [3.63, 3.8) is 0 Å². The van der Waals surface area contributed by atoms with Crippen LogP contribution in [0.25, 0.3) is 21.7 Å². The summed E-state index contributed by atoms with van der Waals surface area (Å²) in [5, 5.41) is 36.1. The first-order chi connectivity index (χ1) is 21.8. The molecule has 6 N–H and O–H groups in total. The van der Waals surface area contributed by atoms with E-state index in [4.69, 9.17) is 0 Å². The number of aromatic hydroxyl groups is 2. The minimum absolute atomic E-state index is 0.0526. The van der Waals surface area contributed by atoms with Crippen LogP contribution in [0.2, 0.25) is 0 Å². The Hall–Kier alpha value is -3.73. The molecule has 0 spiro atoms. The van der Waals surface area contributed by atoms with Crippen LogP contribution < -0.4 is 4.35 Å². The number of azo groups is 2. The number of pyridine rings is 2. The molecule has 0 unspecified atom stereocenters. The molecule has 47 heavy (non-hydrogen) atoms. The zero-order chi connectivity index (χ0) is 34.6. The van der Waals surface area contributed by atoms with Crippen molar-refractivity contribution in [2.75, 3.05) is 0 Å². The van der Waals surface area contributed by atoms with Crippen LogP contribution in [0, 0.1) is 5.82 Å². The van der Waals surface area contributed by atoms with Gasteiger partial charge in [-0.25, -0.2) is 4.98 Å². The van der Waals surface area contributed by atoms with E-state index < -0.39 is 93.7 Å². The molecule has 0 aliphatic carbocycles. The molecular formula is C24H14AsBr2FN6O11S2. The molecular weight excluding hydrogens is 866 g/mol. The molecule has 244 valence electrons. The van der Waals surface area contributed by atoms with E-state index in [0.717, 1.165) is 6.07 Å². The van der Waals surface area contributed by atoms with Gasteiger partial charge in [0.15, 0.2) is 0 Å². The number of nitrogens with zero attached hydrogens (tertiary/aromatic N) is 6. The molecule has 0 amide bonds. The van der Waals surface area contributed by atoms with Crippen LogP contribution in [-0.4, -0.2) is 68.5 Å². The fourth-order valence-electron chi connectivity index (χ4n) is 4.21. The predicted molar refractivity (Wildman–Crippen MR) is 167 cm³/mol. The number of phenolic OH excluding ortho intramolecular Hbond substituents is 2. The Labute approximate surface area is 281 Å². The standard InChI is InChI=1S/C24H14AsBr2FN6O11S2/c26-13-7-29-15-8-30-18(27)6-11(15)20(13)32-34-22-17(47(43,44)45)4-9-3-16(46(40,41)42)21(23(35)19(9)24(22)36)33-31-14-5-10(28)1-2-12(14)25(37,38)39/h1-8,35-36H,(H2,37,38,39)(H,40,41,42)(H,43,44,45). The zero-order valence-corrected chi connectivity index (χ0v) is 29.1. The number of phenols is 2. The van der Waals surface area contributed by atoms with Crippen LogP contribution in [-0.2, 0) is 24.0 Å². The maximum absolute atomic E-state index is 13.9. The number of aromatic nitrogens is 2. The van der Waals surface area contributed by atoms with Gasteiger partial charge < -0.3 is 0 Å². The number of benzene rings is 3. The predicted octanol–water partition coefficient (Wildman–Crippen LogP) is 4.74. The molecule has 0 aliphatic rings. The van der Waals surface area contributed by atoms with Gasteiger partial charge >= 0.3 is 203 Å². The molecule has 2 heterocycles. The maximum atomic E-state index is 13.9. The second-order valence-corrected chi connectivity index (χ2v) is 17.0. The Bertz CT molecular complexity index is 2490. The van der Waals surface area contributed by atoms with Crippen molar-refractivity contribution in [1.82, 2.24) is 9.97 Å². The molecule has 2 aromatic heterocycles. The Morgan fingerprint density at radius 1 is 0.766 bits per heavy atom. The Morgan fingerprint density at radius 3 is 1.87 bits per heavy atom. The first-order valence-corrected chi connectivity index (χ1v) is 19.9. The van der Waals surface area contributed by atoms with E-state index >= 15 is 0 Å². The summed E-state index contributed by atoms with van der Waals surface area (Å²) in [6.07, 6.45) is 2.71. The molecule has 0 atom stereocenters. The third kappa shape index (κ3) is 6.96. The number of fused-ring (bicyclic) bond motifs is 2. The van der Waals surface area contributed by atoms with E-state index in [0.29, 0.717) is 39.8 Å². The first-order valence-electron chi connectivity index (χ1n) is 12.1. The first kappa shape index (κ1) is 34.6. The average molecular weight is 880 g/mol. The van der Waals surface area contributed by atoms with E-state index in [1.807, 2.05) is 0 Å². The molecule has 23 heteroatoms. The van der Waals surface area contributed by atoms with E-state index in [1.54, 1.807) is 0 Å². The van der Waals surface area contributed by atoms with Crippen molar-refractivity contribution in [3.8, 4) is 11.5 Å². The Balaban J connectivity index is 1.82. The molecule has 0 bridgehead atoms. The summed E-state index contributed by atoms with van der Waals surface area (Å²) in [6, 6.07) is 4.64. The van der Waals surface area contributed by atoms with Crippen molar-refractivity contribution in [1.29, 1.82) is 0 Å². The van der Waals surface area contributed by atoms with Gasteiger partial charge in [0.1, 0.15) is 4.60 Å². The topological polar surface area (TPSA) is 282 Å². The van der Waals surface area contributed by atoms with Crippen LogP contribution in [0.5, 0.6) is 11.5 Å². The zero-order valence-electron chi connectivity index (χ0n) is 22.4. The van der Waals surface area contributed by atoms with Crippen molar-refractivity contribution < 1.29 is 52.5 Å². The van der Waals surface area contributed by atoms with Gasteiger partial charge in [-0.1, -0.05) is 0 Å². The number of rotatable bonds is 7. The van der Waals surface area contributed by atoms with Crippen molar-refractivity contribution in [3.05, 3.63) is 63.7 Å². The Morgan fingerprint density at radius 2 is 1.32 bits per heavy atom. The van der Waals surface area contributed by atoms with Gasteiger partial charge in [0.2, 0.25) is 0 Å². The molecule has 0 radical (unpaired) electrons. The third-order valence-corrected chi connectivity index (χ3v) is 11.1. The average Bonchev–Trinajstić information content (AvgIpc) is 2.94. The SMILES string of the molecule is O=S(=O)(O)c1cc2cc(S(=O)(=O)O)c(N=Nc3c(Br)cnc4cnc(Br)cc34)c(O)c2c(O)c1N=Nc1cc(F)ccc1[As](=O)(O)O. The van der Waals surface area contributed by atoms with E-state index in [9.17, 15) is 52.5 Å². The summed E-state index contributed by atoms with van der Waals surface area (Å²) in [7, 11) is -10.6. The molecule has 5 aromatic rings. The number of halogens is 3. The number of hydrogen-bond donors (Lipinski definition) is 6. The molecule has 0 aliphatic heterocycles. The van der Waals surface area contributed by atoms with Crippen LogP contribution in [0.1, 0.15) is 0 Å². The van der Waals surface area contributed by atoms with Crippen LogP contribution >= 0.6 is 31.9 Å². The molecule has 0 fully saturated rings. The molecule has 0 saturated carbocycles. The fraction of sp³-hybridized carbons (Fsp3) is 0. The summed E-state index contributed by atoms with van der Waals surface area (Å²) in [6.45, 7) is 0. The second-order valence-electron chi connectivity index (χ2n) is 9.25. The van der Waals surface area contributed by atoms with Gasteiger partial charge in [0, 0.05) is 11.6 Å². The molecule has 17 nitrogen and oxygen atoms in total. The van der Waals surface area contributed by atoms with Crippen LogP contribution in [0.3, 0.4) is 0 Å². The van der Waals surface area contributed by atoms with Gasteiger partial charge in [0.05, 0.1) is 16.2 Å². The van der Waals surface area contributed by atoms with Crippen molar-refractivity contribution in [2.24, 2.45) is 20.5 Å². The van der Waals surface area contributed by atoms with E-state index in [-0.39, 0.29) is 10.2 Å². The molecule has 0 saturated heterocycles. The van der Waals surface area contributed by atoms with Crippen LogP contribution in [0.4, 0.5) is 27.1 Å². The minimum atomic E-state index is -5.78. The normalized spacial score (nSPS) is 13.0. The van der Waals surface area contributed by atoms with Crippen LogP contribution in [0.15, 0.2) is 88.1 Å². The van der Waals surface area contributed by atoms with E-state index in [2.05, 4.69) is 62.3 Å². The summed E-state index contributed by atoms with van der Waals surface area (Å²) < 4.78 is 114. The van der Waals surface area contributed by atoms with E-state index in [1.165, 1.54) is 18.5 Å². The summed E-state index contributed by atoms with van der Waals surface area (Å²) in [5.74, 6) is -3.47. The van der Waals surface area contributed by atoms with Crippen molar-refractivity contribution in [2.45, 2.75) is 9.79 Å². The number of hydrogen-bond acceptors (Lipinski definition) is 13. The third-order valence-electron chi connectivity index (χ3n) is 6.21. The summed E-state index contributed by atoms with van der Waals surface area (Å²) in [5.41, 5.74) is -2.45. The van der Waals surface area contributed by atoms with Gasteiger partial charge in [-0.15, -0.1) is 0 Å². The second kappa shape index (κ2) is 12.4. The molecule has 5 rings (SSSR count). The Kier molecular flexibility index (Phi) is 9.11. The van der Waals surface area contributed by atoms with Gasteiger partial charge in [-0.05, 0) is 37.9 Å². The monoisotopic (exact) mass is 878 g/mol. The fourth-order valence-corrected chi connectivity index (χ4v) is 7.67. The van der Waals surface area contributed by atoms with Gasteiger partial charge in [-0.2, -0.15) is 0 Å². The summed E-state index contributed by atoms with van der Waals surface area (Å²) >= 11 is 0.662. The van der Waals surface area contributed by atoms with Crippen molar-refractivity contribution >= 4 is 115 Å².